The van der Waals surface area contributed by atoms with Crippen LogP contribution in [0.1, 0.15) is 32.8 Å². The number of nitrogens with one attached hydrogen (secondary N) is 2. The van der Waals surface area contributed by atoms with E-state index >= 15 is 0 Å². The van der Waals surface area contributed by atoms with Crippen LogP contribution < -0.4 is 24.8 Å². The van der Waals surface area contributed by atoms with Gasteiger partial charge in [-0.3, -0.25) is 4.99 Å². The summed E-state index contributed by atoms with van der Waals surface area (Å²) in [6, 6.07) is 3.89. The second kappa shape index (κ2) is 13.9. The van der Waals surface area contributed by atoms with Gasteiger partial charge in [0.2, 0.25) is 5.75 Å². The first-order valence-corrected chi connectivity index (χ1v) is 9.95. The lowest BCUT2D eigenvalue weighted by Crippen LogP contribution is -2.38. The minimum atomic E-state index is 0.566. The first-order chi connectivity index (χ1) is 13.6. The SMILES string of the molecule is CCNC(=NCCCOCC(C)C)NCCc1ccc(OC)c(OC)c1OC. The minimum absolute atomic E-state index is 0.566. The van der Waals surface area contributed by atoms with E-state index in [1.165, 1.54) is 0 Å². The molecule has 0 aliphatic heterocycles. The molecule has 0 heterocycles. The molecule has 0 saturated carbocycles. The molecule has 160 valence electrons. The Bertz CT molecular complexity index is 591. The van der Waals surface area contributed by atoms with Crippen LogP contribution in [0, 0.1) is 5.92 Å². The van der Waals surface area contributed by atoms with E-state index in [1.807, 2.05) is 12.1 Å². The van der Waals surface area contributed by atoms with Gasteiger partial charge in [0.1, 0.15) is 0 Å². The molecule has 2 N–H and O–H groups in total. The van der Waals surface area contributed by atoms with Crippen molar-refractivity contribution in [1.29, 1.82) is 0 Å². The molecule has 7 nitrogen and oxygen atoms in total. The average Bonchev–Trinajstić information content (AvgIpc) is 2.69. The molecule has 0 unspecified atom stereocenters. The molecule has 0 aliphatic carbocycles. The second-order valence-electron chi connectivity index (χ2n) is 6.75. The summed E-state index contributed by atoms with van der Waals surface area (Å²) in [7, 11) is 4.87. The van der Waals surface area contributed by atoms with Gasteiger partial charge >= 0.3 is 0 Å². The molecule has 0 aliphatic rings. The van der Waals surface area contributed by atoms with Crippen molar-refractivity contribution in [3.8, 4) is 17.2 Å². The first-order valence-electron chi connectivity index (χ1n) is 9.95. The molecule has 0 radical (unpaired) electrons. The van der Waals surface area contributed by atoms with Gasteiger partial charge in [-0.2, -0.15) is 0 Å². The van der Waals surface area contributed by atoms with Gasteiger partial charge in [-0.1, -0.05) is 19.9 Å². The Morgan fingerprint density at radius 2 is 1.79 bits per heavy atom. The fourth-order valence-electron chi connectivity index (χ4n) is 2.69. The number of rotatable bonds is 13. The van der Waals surface area contributed by atoms with Gasteiger partial charge in [0, 0.05) is 38.4 Å². The third kappa shape index (κ3) is 8.25. The molecular formula is C21H37N3O4. The zero-order chi connectivity index (χ0) is 20.8. The largest absolute Gasteiger partial charge is 0.493 e. The summed E-state index contributed by atoms with van der Waals surface area (Å²) in [4.78, 5) is 4.60. The number of nitrogens with zero attached hydrogens (tertiary/aromatic N) is 1. The molecule has 0 spiro atoms. The lowest BCUT2D eigenvalue weighted by atomic mass is 10.1. The molecule has 0 saturated heterocycles. The molecule has 28 heavy (non-hydrogen) atoms. The predicted octanol–water partition coefficient (Wildman–Crippen LogP) is 2.87. The molecule has 0 atom stereocenters. The molecule has 0 bridgehead atoms. The van der Waals surface area contributed by atoms with Crippen LogP contribution in [0.25, 0.3) is 0 Å². The summed E-state index contributed by atoms with van der Waals surface area (Å²) < 4.78 is 21.9. The van der Waals surface area contributed by atoms with E-state index in [4.69, 9.17) is 18.9 Å². The van der Waals surface area contributed by atoms with Crippen LogP contribution in [0.3, 0.4) is 0 Å². The van der Waals surface area contributed by atoms with E-state index in [9.17, 15) is 0 Å². The summed E-state index contributed by atoms with van der Waals surface area (Å²) >= 11 is 0. The van der Waals surface area contributed by atoms with Crippen LogP contribution in [0.2, 0.25) is 0 Å². The molecule has 0 aromatic heterocycles. The maximum absolute atomic E-state index is 5.60. The Kier molecular flexibility index (Phi) is 11.9. The lowest BCUT2D eigenvalue weighted by molar-refractivity contribution is 0.109. The van der Waals surface area contributed by atoms with Crippen molar-refractivity contribution in [2.75, 3.05) is 54.2 Å². The fraction of sp³-hybridized carbons (Fsp3) is 0.667. The van der Waals surface area contributed by atoms with Crippen molar-refractivity contribution < 1.29 is 18.9 Å². The second-order valence-corrected chi connectivity index (χ2v) is 6.75. The molecular weight excluding hydrogens is 358 g/mol. The molecule has 1 rings (SSSR count). The van der Waals surface area contributed by atoms with Crippen LogP contribution in [0.5, 0.6) is 17.2 Å². The van der Waals surface area contributed by atoms with Crippen LogP contribution in [-0.2, 0) is 11.2 Å². The Labute approximate surface area is 169 Å². The number of hydrogen-bond acceptors (Lipinski definition) is 5. The van der Waals surface area contributed by atoms with Crippen molar-refractivity contribution >= 4 is 5.96 Å². The summed E-state index contributed by atoms with van der Waals surface area (Å²) in [5, 5.41) is 6.64. The Morgan fingerprint density at radius 3 is 2.39 bits per heavy atom. The molecule has 1 aromatic rings. The highest BCUT2D eigenvalue weighted by Crippen LogP contribution is 2.39. The number of methoxy groups -OCH3 is 3. The smallest absolute Gasteiger partial charge is 0.203 e. The third-order valence-corrected chi connectivity index (χ3v) is 3.98. The van der Waals surface area contributed by atoms with Gasteiger partial charge in [0.25, 0.3) is 0 Å². The van der Waals surface area contributed by atoms with E-state index in [-0.39, 0.29) is 0 Å². The summed E-state index contributed by atoms with van der Waals surface area (Å²) in [6.07, 6.45) is 1.68. The van der Waals surface area contributed by atoms with Gasteiger partial charge in [0.05, 0.1) is 21.3 Å². The van der Waals surface area contributed by atoms with Crippen molar-refractivity contribution in [1.82, 2.24) is 10.6 Å². The topological polar surface area (TPSA) is 73.3 Å². The number of hydrogen-bond donors (Lipinski definition) is 2. The maximum Gasteiger partial charge on any atom is 0.203 e. The quantitative estimate of drug-likeness (QED) is 0.304. The highest BCUT2D eigenvalue weighted by molar-refractivity contribution is 5.79. The van der Waals surface area contributed by atoms with E-state index in [0.29, 0.717) is 23.2 Å². The van der Waals surface area contributed by atoms with E-state index in [1.54, 1.807) is 21.3 Å². The van der Waals surface area contributed by atoms with E-state index < -0.39 is 0 Å². The van der Waals surface area contributed by atoms with Crippen LogP contribution in [0.15, 0.2) is 17.1 Å². The third-order valence-electron chi connectivity index (χ3n) is 3.98. The van der Waals surface area contributed by atoms with Gasteiger partial charge in [0.15, 0.2) is 17.5 Å². The van der Waals surface area contributed by atoms with Crippen LogP contribution >= 0.6 is 0 Å². The Morgan fingerprint density at radius 1 is 1.04 bits per heavy atom. The summed E-state index contributed by atoms with van der Waals surface area (Å²) in [5.74, 6) is 3.35. The maximum atomic E-state index is 5.60. The highest BCUT2D eigenvalue weighted by Gasteiger charge is 2.15. The van der Waals surface area contributed by atoms with Crippen LogP contribution in [0.4, 0.5) is 0 Å². The van der Waals surface area contributed by atoms with Crippen molar-refractivity contribution in [2.24, 2.45) is 10.9 Å². The Balaban J connectivity index is 2.57. The molecule has 0 fully saturated rings. The van der Waals surface area contributed by atoms with Crippen LogP contribution in [-0.4, -0.2) is 60.1 Å². The monoisotopic (exact) mass is 395 g/mol. The molecule has 0 amide bonds. The highest BCUT2D eigenvalue weighted by atomic mass is 16.5. The zero-order valence-corrected chi connectivity index (χ0v) is 18.3. The summed E-state index contributed by atoms with van der Waals surface area (Å²) in [5.41, 5.74) is 1.05. The van der Waals surface area contributed by atoms with Gasteiger partial charge in [-0.05, 0) is 31.7 Å². The molecule has 1 aromatic carbocycles. The standard InChI is InChI=1S/C21H37N3O4/c1-7-22-21(23-12-8-14-28-15-16(2)3)24-13-11-17-9-10-18(25-4)20(27-6)19(17)26-5/h9-10,16H,7-8,11-15H2,1-6H3,(H2,22,23,24). The van der Waals surface area contributed by atoms with Gasteiger partial charge < -0.3 is 29.6 Å². The number of aliphatic imine (C=N–C) groups is 1. The predicted molar refractivity (Wildman–Crippen MR) is 114 cm³/mol. The van der Waals surface area contributed by atoms with E-state index in [0.717, 1.165) is 57.2 Å². The zero-order valence-electron chi connectivity index (χ0n) is 18.3. The lowest BCUT2D eigenvalue weighted by Gasteiger charge is -2.16. The van der Waals surface area contributed by atoms with Crippen molar-refractivity contribution in [3.05, 3.63) is 17.7 Å². The number of ether oxygens (including phenoxy) is 4. The summed E-state index contributed by atoms with van der Waals surface area (Å²) in [6.45, 7) is 10.2. The molecule has 7 heteroatoms. The average molecular weight is 396 g/mol. The fourth-order valence-corrected chi connectivity index (χ4v) is 2.69. The Hall–Kier alpha value is -2.15. The van der Waals surface area contributed by atoms with Gasteiger partial charge in [-0.25, -0.2) is 0 Å². The first kappa shape index (κ1) is 23.9. The van der Waals surface area contributed by atoms with Crippen molar-refractivity contribution in [2.45, 2.75) is 33.6 Å². The van der Waals surface area contributed by atoms with Gasteiger partial charge in [-0.15, -0.1) is 0 Å². The van der Waals surface area contributed by atoms with E-state index in [2.05, 4.69) is 36.4 Å². The minimum Gasteiger partial charge on any atom is -0.493 e. The normalized spacial score (nSPS) is 11.5. The van der Waals surface area contributed by atoms with Crippen molar-refractivity contribution in [3.63, 3.8) is 0 Å². The number of guanidine groups is 1. The number of benzene rings is 1.